The van der Waals surface area contributed by atoms with Gasteiger partial charge in [0.2, 0.25) is 0 Å². The molecule has 4 N–H and O–H groups in total. The summed E-state index contributed by atoms with van der Waals surface area (Å²) < 4.78 is 49.4. The number of aliphatic hydroxyl groups is 1. The summed E-state index contributed by atoms with van der Waals surface area (Å²) in [6, 6.07) is 8.87. The molecule has 3 rings (SSSR count). The van der Waals surface area contributed by atoms with Crippen molar-refractivity contribution in [2.45, 2.75) is 37.5 Å². The van der Waals surface area contributed by atoms with E-state index in [0.717, 1.165) is 6.07 Å². The van der Waals surface area contributed by atoms with Crippen molar-refractivity contribution in [1.82, 2.24) is 5.32 Å². The van der Waals surface area contributed by atoms with Crippen molar-refractivity contribution < 1.29 is 47.6 Å². The van der Waals surface area contributed by atoms with Gasteiger partial charge in [-0.25, -0.2) is 9.59 Å². The van der Waals surface area contributed by atoms with Crippen LogP contribution in [0.25, 0.3) is 0 Å². The van der Waals surface area contributed by atoms with Crippen molar-refractivity contribution >= 4 is 11.9 Å². The van der Waals surface area contributed by atoms with Crippen molar-refractivity contribution in [1.29, 1.82) is 0 Å². The predicted molar refractivity (Wildman–Crippen MR) is 103 cm³/mol. The van der Waals surface area contributed by atoms with Crippen LogP contribution < -0.4 is 14.8 Å². The Bertz CT molecular complexity index is 1010. The van der Waals surface area contributed by atoms with Crippen LogP contribution in [0.2, 0.25) is 0 Å². The smallest absolute Gasteiger partial charge is 0.453 e. The van der Waals surface area contributed by atoms with E-state index >= 15 is 0 Å². The summed E-state index contributed by atoms with van der Waals surface area (Å²) in [7, 11) is 0. The highest BCUT2D eigenvalue weighted by Crippen LogP contribution is 2.40. The Kier molecular flexibility index (Phi) is 6.33. The van der Waals surface area contributed by atoms with Gasteiger partial charge in [-0.2, -0.15) is 13.2 Å². The van der Waals surface area contributed by atoms with E-state index in [1.165, 1.54) is 30.3 Å². The molecule has 8 nitrogen and oxygen atoms in total. The number of carboxylic acids is 2. The first-order valence-corrected chi connectivity index (χ1v) is 9.49. The number of aliphatic carboxylic acids is 2. The number of hydrogen-bond donors (Lipinski definition) is 4. The quantitative estimate of drug-likeness (QED) is 0.448. The lowest BCUT2D eigenvalue weighted by molar-refractivity contribution is -0.194. The summed E-state index contributed by atoms with van der Waals surface area (Å²) in [5, 5.41) is 31.6. The van der Waals surface area contributed by atoms with Crippen LogP contribution in [0.1, 0.15) is 29.7 Å². The third-order valence-corrected chi connectivity index (χ3v) is 4.91. The standard InChI is InChI=1S/C21H20F3NO7/c1-11(25-10-15(26)13-4-2-3-5-14(13)21(22,23)24)8-12-6-7-16-17(9-12)32-20(31-16,18(27)28)19(29)30/h2-7,9,11,15,25-26H,8,10H2,1H3,(H,27,28)(H,29,30). The largest absolute Gasteiger partial charge is 0.475 e. The van der Waals surface area contributed by atoms with E-state index in [1.54, 1.807) is 13.0 Å². The molecule has 2 unspecified atom stereocenters. The number of halogens is 3. The molecular formula is C21H20F3NO7. The Morgan fingerprint density at radius 3 is 2.31 bits per heavy atom. The summed E-state index contributed by atoms with van der Waals surface area (Å²) in [6.07, 6.45) is -5.65. The number of carbonyl (C=O) groups is 2. The second kappa shape index (κ2) is 8.67. The molecule has 1 aliphatic heterocycles. The second-order valence-corrected chi connectivity index (χ2v) is 7.33. The molecule has 2 atom stereocenters. The number of ether oxygens (including phenoxy) is 2. The van der Waals surface area contributed by atoms with Crippen molar-refractivity contribution in [3.05, 3.63) is 59.2 Å². The highest BCUT2D eigenvalue weighted by Gasteiger charge is 2.57. The monoisotopic (exact) mass is 455 g/mol. The first-order valence-electron chi connectivity index (χ1n) is 9.49. The van der Waals surface area contributed by atoms with E-state index < -0.39 is 35.6 Å². The van der Waals surface area contributed by atoms with E-state index in [0.29, 0.717) is 12.0 Å². The van der Waals surface area contributed by atoms with Crippen molar-refractivity contribution in [3.63, 3.8) is 0 Å². The lowest BCUT2D eigenvalue weighted by Crippen LogP contribution is -2.54. The lowest BCUT2D eigenvalue weighted by Gasteiger charge is -2.20. The highest BCUT2D eigenvalue weighted by molar-refractivity contribution is 6.01. The van der Waals surface area contributed by atoms with Gasteiger partial charge in [0.05, 0.1) is 11.7 Å². The van der Waals surface area contributed by atoms with E-state index in [2.05, 4.69) is 5.32 Å². The summed E-state index contributed by atoms with van der Waals surface area (Å²) in [6.45, 7) is 1.60. The van der Waals surface area contributed by atoms with Crippen LogP contribution in [0.5, 0.6) is 11.5 Å². The molecule has 0 radical (unpaired) electrons. The average molecular weight is 455 g/mol. The Morgan fingerprint density at radius 1 is 1.06 bits per heavy atom. The fourth-order valence-corrected chi connectivity index (χ4v) is 3.33. The minimum Gasteiger partial charge on any atom is -0.475 e. The minimum absolute atomic E-state index is 0.0432. The van der Waals surface area contributed by atoms with Gasteiger partial charge < -0.3 is 30.1 Å². The molecule has 2 aromatic rings. The number of rotatable bonds is 8. The number of fused-ring (bicyclic) bond motifs is 1. The maximum Gasteiger partial charge on any atom is 0.453 e. The summed E-state index contributed by atoms with van der Waals surface area (Å²) >= 11 is 0. The molecule has 172 valence electrons. The molecule has 0 fully saturated rings. The molecule has 32 heavy (non-hydrogen) atoms. The molecule has 0 spiro atoms. The molecule has 0 aliphatic carbocycles. The summed E-state index contributed by atoms with van der Waals surface area (Å²) in [5.74, 6) is -6.59. The molecular weight excluding hydrogens is 435 g/mol. The zero-order chi connectivity index (χ0) is 23.7. The first kappa shape index (κ1) is 23.4. The first-order chi connectivity index (χ1) is 14.9. The topological polar surface area (TPSA) is 125 Å². The SMILES string of the molecule is CC(Cc1ccc2c(c1)OC(C(=O)O)(C(=O)O)O2)NCC(O)c1ccccc1C(F)(F)F. The number of nitrogens with one attached hydrogen (secondary N) is 1. The molecule has 0 saturated carbocycles. The van der Waals surface area contributed by atoms with Crippen LogP contribution in [0.4, 0.5) is 13.2 Å². The van der Waals surface area contributed by atoms with E-state index in [9.17, 15) is 38.1 Å². The van der Waals surface area contributed by atoms with Crippen LogP contribution in [-0.4, -0.2) is 45.6 Å². The molecule has 1 aliphatic rings. The lowest BCUT2D eigenvalue weighted by atomic mass is 10.0. The van der Waals surface area contributed by atoms with Gasteiger partial charge in [0.25, 0.3) is 0 Å². The van der Waals surface area contributed by atoms with Gasteiger partial charge in [0.15, 0.2) is 11.5 Å². The molecule has 0 aromatic heterocycles. The van der Waals surface area contributed by atoms with Crippen LogP contribution in [-0.2, 0) is 22.2 Å². The average Bonchev–Trinajstić information content (AvgIpc) is 3.12. The zero-order valence-electron chi connectivity index (χ0n) is 16.7. The Labute approximate surface area is 180 Å². The second-order valence-electron chi connectivity index (χ2n) is 7.33. The fraction of sp³-hybridized carbons (Fsp3) is 0.333. The van der Waals surface area contributed by atoms with Crippen LogP contribution in [0.3, 0.4) is 0 Å². The van der Waals surface area contributed by atoms with Gasteiger partial charge in [-0.15, -0.1) is 0 Å². The minimum atomic E-state index is -4.59. The summed E-state index contributed by atoms with van der Waals surface area (Å²) in [5.41, 5.74) is -0.511. The van der Waals surface area contributed by atoms with Gasteiger partial charge in [-0.1, -0.05) is 24.3 Å². The third kappa shape index (κ3) is 4.63. The van der Waals surface area contributed by atoms with Gasteiger partial charge in [-0.3, -0.25) is 0 Å². The maximum absolute atomic E-state index is 13.1. The number of aliphatic hydroxyl groups excluding tert-OH is 1. The predicted octanol–water partition coefficient (Wildman–Crippen LogP) is 2.60. The number of benzene rings is 2. The Morgan fingerprint density at radius 2 is 1.69 bits per heavy atom. The molecule has 2 aromatic carbocycles. The molecule has 0 bridgehead atoms. The zero-order valence-corrected chi connectivity index (χ0v) is 16.7. The van der Waals surface area contributed by atoms with Crippen molar-refractivity contribution in [3.8, 4) is 11.5 Å². The molecule has 1 heterocycles. The number of carboxylic acid groups (broad SMARTS) is 2. The molecule has 0 amide bonds. The Balaban J connectivity index is 1.64. The van der Waals surface area contributed by atoms with Crippen molar-refractivity contribution in [2.24, 2.45) is 0 Å². The van der Waals surface area contributed by atoms with Crippen LogP contribution in [0, 0.1) is 0 Å². The highest BCUT2D eigenvalue weighted by atomic mass is 19.4. The van der Waals surface area contributed by atoms with Crippen molar-refractivity contribution in [2.75, 3.05) is 6.54 Å². The van der Waals surface area contributed by atoms with Crippen LogP contribution in [0.15, 0.2) is 42.5 Å². The van der Waals surface area contributed by atoms with E-state index in [-0.39, 0.29) is 29.6 Å². The number of hydrogen-bond acceptors (Lipinski definition) is 6. The summed E-state index contributed by atoms with van der Waals surface area (Å²) in [4.78, 5) is 22.6. The third-order valence-electron chi connectivity index (χ3n) is 4.91. The number of alkyl halides is 3. The van der Waals surface area contributed by atoms with Gasteiger partial charge in [0, 0.05) is 12.6 Å². The van der Waals surface area contributed by atoms with E-state index in [1.807, 2.05) is 0 Å². The van der Waals surface area contributed by atoms with Gasteiger partial charge in [0.1, 0.15) is 0 Å². The van der Waals surface area contributed by atoms with Crippen LogP contribution >= 0.6 is 0 Å². The van der Waals surface area contributed by atoms with Gasteiger partial charge in [-0.05, 0) is 42.7 Å². The van der Waals surface area contributed by atoms with Gasteiger partial charge >= 0.3 is 23.9 Å². The molecule has 0 saturated heterocycles. The maximum atomic E-state index is 13.1. The molecule has 11 heteroatoms. The fourth-order valence-electron chi connectivity index (χ4n) is 3.33. The van der Waals surface area contributed by atoms with E-state index in [4.69, 9.17) is 9.47 Å². The Hall–Kier alpha value is -3.31. The normalized spacial score (nSPS) is 16.4.